The standard InChI is InChI=1S/C12H16.C11H14/c1-2-3-4-6-9-12-10-7-5-8-11-12;1-10(2)8-9-11-6-4-3-5-7-11/h5-11H,2-4H2,1H3;3-10H,1-2H3. The first kappa shape index (κ1) is 19.0. The van der Waals surface area contributed by atoms with Crippen LogP contribution < -0.4 is 0 Å². The number of unbranched alkanes of at least 4 members (excludes halogenated alkanes) is 2. The summed E-state index contributed by atoms with van der Waals surface area (Å²) < 4.78 is 0. The van der Waals surface area contributed by atoms with Gasteiger partial charge >= 0.3 is 0 Å². The first-order chi connectivity index (χ1) is 11.2. The van der Waals surface area contributed by atoms with Crippen LogP contribution in [0, 0.1) is 5.92 Å². The summed E-state index contributed by atoms with van der Waals surface area (Å²) in [6.45, 7) is 6.58. The van der Waals surface area contributed by atoms with E-state index in [4.69, 9.17) is 0 Å². The summed E-state index contributed by atoms with van der Waals surface area (Å²) in [6, 6.07) is 20.8. The van der Waals surface area contributed by atoms with Crippen molar-refractivity contribution in [1.29, 1.82) is 0 Å². The van der Waals surface area contributed by atoms with Crippen molar-refractivity contribution < 1.29 is 0 Å². The predicted octanol–water partition coefficient (Wildman–Crippen LogP) is 7.25. The highest BCUT2D eigenvalue weighted by molar-refractivity contribution is 5.49. The monoisotopic (exact) mass is 306 g/mol. The molecule has 0 bridgehead atoms. The van der Waals surface area contributed by atoms with Crippen molar-refractivity contribution in [3.8, 4) is 0 Å². The topological polar surface area (TPSA) is 0 Å². The molecule has 0 aliphatic carbocycles. The first-order valence-corrected chi connectivity index (χ1v) is 8.67. The molecule has 0 heterocycles. The molecule has 0 unspecified atom stereocenters. The fraction of sp³-hybridized carbons (Fsp3) is 0.304. The lowest BCUT2D eigenvalue weighted by Gasteiger charge is -1.93. The third kappa shape index (κ3) is 10.3. The van der Waals surface area contributed by atoms with Gasteiger partial charge in [-0.15, -0.1) is 0 Å². The van der Waals surface area contributed by atoms with Crippen molar-refractivity contribution in [2.24, 2.45) is 5.92 Å². The lowest BCUT2D eigenvalue weighted by atomic mass is 10.1. The molecule has 0 saturated heterocycles. The van der Waals surface area contributed by atoms with Gasteiger partial charge in [-0.1, -0.05) is 119 Å². The summed E-state index contributed by atoms with van der Waals surface area (Å²) in [4.78, 5) is 0. The minimum Gasteiger partial charge on any atom is -0.0839 e. The Morgan fingerprint density at radius 1 is 0.783 bits per heavy atom. The van der Waals surface area contributed by atoms with E-state index in [0.717, 1.165) is 0 Å². The van der Waals surface area contributed by atoms with E-state index >= 15 is 0 Å². The second kappa shape index (κ2) is 12.5. The number of hydrogen-bond acceptors (Lipinski definition) is 0. The third-order valence-corrected chi connectivity index (χ3v) is 3.31. The molecule has 0 N–H and O–H groups in total. The third-order valence-electron chi connectivity index (χ3n) is 3.31. The molecule has 122 valence electrons. The molecule has 0 heteroatoms. The molecule has 0 aromatic heterocycles. The van der Waals surface area contributed by atoms with Gasteiger partial charge in [-0.2, -0.15) is 0 Å². The Balaban J connectivity index is 0.000000231. The van der Waals surface area contributed by atoms with Crippen molar-refractivity contribution in [2.75, 3.05) is 0 Å². The second-order valence-electron chi connectivity index (χ2n) is 5.97. The molecule has 0 aliphatic heterocycles. The van der Waals surface area contributed by atoms with Crippen LogP contribution in [0.2, 0.25) is 0 Å². The van der Waals surface area contributed by atoms with Crippen LogP contribution >= 0.6 is 0 Å². The van der Waals surface area contributed by atoms with Gasteiger partial charge in [-0.3, -0.25) is 0 Å². The summed E-state index contributed by atoms with van der Waals surface area (Å²) in [5, 5.41) is 0. The Morgan fingerprint density at radius 3 is 1.78 bits per heavy atom. The average molecular weight is 306 g/mol. The number of rotatable bonds is 6. The van der Waals surface area contributed by atoms with Crippen molar-refractivity contribution in [1.82, 2.24) is 0 Å². The summed E-state index contributed by atoms with van der Waals surface area (Å²) in [5.41, 5.74) is 2.58. The molecule has 2 aromatic rings. The fourth-order valence-corrected chi connectivity index (χ4v) is 1.97. The van der Waals surface area contributed by atoms with Gasteiger partial charge in [0, 0.05) is 0 Å². The van der Waals surface area contributed by atoms with Gasteiger partial charge in [0.25, 0.3) is 0 Å². The van der Waals surface area contributed by atoms with Gasteiger partial charge in [0.1, 0.15) is 0 Å². The van der Waals surface area contributed by atoms with E-state index in [9.17, 15) is 0 Å². The highest BCUT2D eigenvalue weighted by atomic mass is 13.9. The SMILES string of the molecule is CC(C)C=Cc1ccccc1.CCCCC=Cc1ccccc1. The maximum atomic E-state index is 2.25. The summed E-state index contributed by atoms with van der Waals surface area (Å²) in [7, 11) is 0. The van der Waals surface area contributed by atoms with E-state index in [1.54, 1.807) is 0 Å². The van der Waals surface area contributed by atoms with Crippen LogP contribution in [0.5, 0.6) is 0 Å². The largest absolute Gasteiger partial charge is 0.0839 e. The van der Waals surface area contributed by atoms with E-state index in [-0.39, 0.29) is 0 Å². The van der Waals surface area contributed by atoms with Crippen molar-refractivity contribution >= 4 is 12.2 Å². The van der Waals surface area contributed by atoms with E-state index < -0.39 is 0 Å². The average Bonchev–Trinajstić information content (AvgIpc) is 2.59. The first-order valence-electron chi connectivity index (χ1n) is 8.67. The van der Waals surface area contributed by atoms with Gasteiger partial charge in [-0.25, -0.2) is 0 Å². The number of allylic oxidation sites excluding steroid dienone is 2. The van der Waals surface area contributed by atoms with Crippen LogP contribution in [-0.2, 0) is 0 Å². The molecule has 2 rings (SSSR count). The van der Waals surface area contributed by atoms with Crippen molar-refractivity contribution in [3.63, 3.8) is 0 Å². The Labute approximate surface area is 142 Å². The van der Waals surface area contributed by atoms with E-state index in [1.165, 1.54) is 30.4 Å². The molecule has 0 atom stereocenters. The molecule has 0 saturated carbocycles. The molecule has 2 aromatic carbocycles. The lowest BCUT2D eigenvalue weighted by Crippen LogP contribution is -1.76. The highest BCUT2D eigenvalue weighted by Crippen LogP contribution is 2.04. The van der Waals surface area contributed by atoms with Gasteiger partial charge < -0.3 is 0 Å². The molecule has 0 amide bonds. The van der Waals surface area contributed by atoms with Crippen LogP contribution in [0.1, 0.15) is 51.2 Å². The van der Waals surface area contributed by atoms with E-state index in [2.05, 4.69) is 93.6 Å². The Kier molecular flexibility index (Phi) is 10.3. The van der Waals surface area contributed by atoms with Gasteiger partial charge in [0.15, 0.2) is 0 Å². The summed E-state index contributed by atoms with van der Waals surface area (Å²) >= 11 is 0. The molecule has 0 aliphatic rings. The van der Waals surface area contributed by atoms with E-state index in [0.29, 0.717) is 5.92 Å². The molecular formula is C23H30. The number of benzene rings is 2. The molecule has 0 nitrogen and oxygen atoms in total. The zero-order valence-corrected chi connectivity index (χ0v) is 14.8. The van der Waals surface area contributed by atoms with Crippen molar-refractivity contribution in [2.45, 2.75) is 40.0 Å². The van der Waals surface area contributed by atoms with Gasteiger partial charge in [-0.05, 0) is 23.5 Å². The minimum atomic E-state index is 0.634. The Bertz CT molecular complexity index is 547. The van der Waals surface area contributed by atoms with Gasteiger partial charge in [0.2, 0.25) is 0 Å². The second-order valence-corrected chi connectivity index (χ2v) is 5.97. The predicted molar refractivity (Wildman–Crippen MR) is 105 cm³/mol. The van der Waals surface area contributed by atoms with Crippen LogP contribution in [0.3, 0.4) is 0 Å². The smallest absolute Gasteiger partial charge is 0.0260 e. The van der Waals surface area contributed by atoms with Crippen LogP contribution in [0.25, 0.3) is 12.2 Å². The molecule has 0 fully saturated rings. The minimum absolute atomic E-state index is 0.634. The molecular weight excluding hydrogens is 276 g/mol. The Morgan fingerprint density at radius 2 is 1.30 bits per heavy atom. The maximum absolute atomic E-state index is 2.25. The lowest BCUT2D eigenvalue weighted by molar-refractivity contribution is 0.816. The van der Waals surface area contributed by atoms with Crippen molar-refractivity contribution in [3.05, 3.63) is 83.9 Å². The summed E-state index contributed by atoms with van der Waals surface area (Å²) in [6.07, 6.45) is 12.6. The van der Waals surface area contributed by atoms with E-state index in [1.807, 2.05) is 12.1 Å². The molecule has 0 spiro atoms. The van der Waals surface area contributed by atoms with Crippen LogP contribution in [-0.4, -0.2) is 0 Å². The summed E-state index contributed by atoms with van der Waals surface area (Å²) in [5.74, 6) is 0.634. The normalized spacial score (nSPS) is 11.0. The number of hydrogen-bond donors (Lipinski definition) is 0. The highest BCUT2D eigenvalue weighted by Gasteiger charge is 1.85. The maximum Gasteiger partial charge on any atom is -0.0260 e. The zero-order valence-electron chi connectivity index (χ0n) is 14.8. The Hall–Kier alpha value is -2.08. The van der Waals surface area contributed by atoms with Gasteiger partial charge in [0.05, 0.1) is 0 Å². The molecule has 23 heavy (non-hydrogen) atoms. The zero-order chi connectivity index (χ0) is 16.8. The quantitative estimate of drug-likeness (QED) is 0.493. The fourth-order valence-electron chi connectivity index (χ4n) is 1.97. The molecule has 0 radical (unpaired) electrons. The van der Waals surface area contributed by atoms with Crippen LogP contribution in [0.15, 0.2) is 72.8 Å². The van der Waals surface area contributed by atoms with Crippen LogP contribution in [0.4, 0.5) is 0 Å².